The molecule has 0 aliphatic carbocycles. The van der Waals surface area contributed by atoms with E-state index in [4.69, 9.17) is 0 Å². The molecule has 0 saturated carbocycles. The third-order valence-electron chi connectivity index (χ3n) is 0.387. The van der Waals surface area contributed by atoms with Crippen LogP contribution in [-0.2, 0) is 9.36 Å². The zero-order valence-corrected chi connectivity index (χ0v) is 5.51. The average molecular weight is 126 g/mol. The summed E-state index contributed by atoms with van der Waals surface area (Å²) in [5, 5.41) is 0. The van der Waals surface area contributed by atoms with E-state index in [1.807, 2.05) is 0 Å². The smallest absolute Gasteiger partial charge is 0.796 e. The second-order valence-corrected chi connectivity index (χ2v) is 1.92. The largest absolute Gasteiger partial charge is 1.00 e. The molecule has 0 N–H and O–H groups in total. The minimum absolute atomic E-state index is 0. The van der Waals surface area contributed by atoms with E-state index < -0.39 is 13.6 Å². The molecule has 40 valence electrons. The van der Waals surface area contributed by atoms with Gasteiger partial charge in [0, 0.05) is 0 Å². The van der Waals surface area contributed by atoms with Crippen LogP contribution in [0.1, 0.15) is 0 Å². The molecule has 0 bridgehead atoms. The van der Waals surface area contributed by atoms with Crippen LogP contribution in [0.2, 0.25) is 0 Å². The standard InChI is InChI=1S/C3H5O3P.Li/c1-2-3(4)7(5)6;/h2,7H,1H2,(H,5,6);/q;+1/p-1. The monoisotopic (exact) mass is 126 g/mol. The molecule has 5 heteroatoms. The third-order valence-corrected chi connectivity index (χ3v) is 0.993. The first-order chi connectivity index (χ1) is 3.18. The molecular weight excluding hydrogens is 122 g/mol. The van der Waals surface area contributed by atoms with Crippen LogP contribution < -0.4 is 23.8 Å². The maximum Gasteiger partial charge on any atom is 1.00 e. The molecule has 0 heterocycles. The van der Waals surface area contributed by atoms with Crippen molar-refractivity contribution in [3.8, 4) is 0 Å². The fraction of sp³-hybridized carbons (Fsp3) is 0. The topological polar surface area (TPSA) is 57.2 Å². The summed E-state index contributed by atoms with van der Waals surface area (Å²) in [7, 11) is -3.22. The van der Waals surface area contributed by atoms with Crippen molar-refractivity contribution >= 4 is 13.6 Å². The average Bonchev–Trinajstić information content (AvgIpc) is 1.65. The Morgan fingerprint density at radius 2 is 2.12 bits per heavy atom. The van der Waals surface area contributed by atoms with Crippen molar-refractivity contribution in [1.82, 2.24) is 0 Å². The summed E-state index contributed by atoms with van der Waals surface area (Å²) >= 11 is 0. The first kappa shape index (κ1) is 11.1. The molecule has 0 radical (unpaired) electrons. The van der Waals surface area contributed by atoms with Crippen molar-refractivity contribution in [1.29, 1.82) is 0 Å². The van der Waals surface area contributed by atoms with Gasteiger partial charge in [0.2, 0.25) is 0 Å². The van der Waals surface area contributed by atoms with Gasteiger partial charge in [0.1, 0.15) is 0 Å². The van der Waals surface area contributed by atoms with Gasteiger partial charge in [0.15, 0.2) is 5.52 Å². The summed E-state index contributed by atoms with van der Waals surface area (Å²) in [4.78, 5) is 19.4. The summed E-state index contributed by atoms with van der Waals surface area (Å²) in [6, 6.07) is 0. The quantitative estimate of drug-likeness (QED) is 0.219. The van der Waals surface area contributed by atoms with Gasteiger partial charge < -0.3 is 9.46 Å². The fourth-order valence-corrected chi connectivity index (χ4v) is 0.250. The van der Waals surface area contributed by atoms with E-state index >= 15 is 0 Å². The van der Waals surface area contributed by atoms with Crippen LogP contribution in [0.25, 0.3) is 0 Å². The Kier molecular flexibility index (Phi) is 7.38. The minimum atomic E-state index is -3.22. The van der Waals surface area contributed by atoms with Crippen molar-refractivity contribution in [3.05, 3.63) is 12.7 Å². The molecule has 3 nitrogen and oxygen atoms in total. The molecule has 0 saturated heterocycles. The Labute approximate surface area is 59.8 Å². The Hall–Kier alpha value is 0.197. The van der Waals surface area contributed by atoms with Crippen LogP contribution >= 0.6 is 8.03 Å². The Morgan fingerprint density at radius 1 is 1.75 bits per heavy atom. The van der Waals surface area contributed by atoms with Crippen LogP contribution in [0.4, 0.5) is 0 Å². The molecule has 0 rings (SSSR count). The first-order valence-electron chi connectivity index (χ1n) is 1.56. The van der Waals surface area contributed by atoms with E-state index in [0.717, 1.165) is 6.08 Å². The van der Waals surface area contributed by atoms with Crippen LogP contribution in [0.3, 0.4) is 0 Å². The van der Waals surface area contributed by atoms with Crippen LogP contribution in [0.5, 0.6) is 0 Å². The zero-order valence-electron chi connectivity index (χ0n) is 4.51. The minimum Gasteiger partial charge on any atom is -0.796 e. The molecule has 1 unspecified atom stereocenters. The number of allylic oxidation sites excluding steroid dienone is 1. The Bertz CT molecular complexity index is 122. The zero-order chi connectivity index (χ0) is 5.86. The van der Waals surface area contributed by atoms with E-state index in [9.17, 15) is 14.3 Å². The van der Waals surface area contributed by atoms with Gasteiger partial charge in [-0.1, -0.05) is 6.58 Å². The molecule has 1 atom stereocenters. The number of carbonyl (C=O) groups is 1. The maximum absolute atomic E-state index is 9.81. The van der Waals surface area contributed by atoms with E-state index in [0.29, 0.717) is 0 Å². The van der Waals surface area contributed by atoms with Gasteiger partial charge in [0.05, 0.1) is 8.03 Å². The van der Waals surface area contributed by atoms with Crippen molar-refractivity contribution in [2.45, 2.75) is 0 Å². The summed E-state index contributed by atoms with van der Waals surface area (Å²) in [5.41, 5.74) is -0.898. The van der Waals surface area contributed by atoms with Gasteiger partial charge in [-0.05, 0) is 6.08 Å². The second-order valence-electron chi connectivity index (χ2n) is 0.856. The second kappa shape index (κ2) is 5.34. The molecule has 8 heavy (non-hydrogen) atoms. The number of carbonyl (C=O) groups excluding carboxylic acids is 1. The van der Waals surface area contributed by atoms with Gasteiger partial charge in [-0.3, -0.25) is 4.79 Å². The molecule has 0 spiro atoms. The molecule has 0 aromatic rings. The molecule has 0 aliphatic heterocycles. The third kappa shape index (κ3) is 4.36. The summed E-state index contributed by atoms with van der Waals surface area (Å²) < 4.78 is 9.58. The Balaban J connectivity index is 0. The van der Waals surface area contributed by atoms with Crippen molar-refractivity contribution in [2.24, 2.45) is 0 Å². The Morgan fingerprint density at radius 3 is 2.12 bits per heavy atom. The first-order valence-corrected chi connectivity index (χ1v) is 2.88. The molecule has 0 fully saturated rings. The summed E-state index contributed by atoms with van der Waals surface area (Å²) in [5.74, 6) is 0. The fourth-order valence-electron chi connectivity index (χ4n) is 0.0833. The normalized spacial score (nSPS) is 11.1. The van der Waals surface area contributed by atoms with Crippen LogP contribution in [0.15, 0.2) is 12.7 Å². The van der Waals surface area contributed by atoms with Gasteiger partial charge >= 0.3 is 18.9 Å². The summed E-state index contributed by atoms with van der Waals surface area (Å²) in [6.07, 6.45) is 0.772. The SMILES string of the molecule is C=CC(=O)[PH](=O)[O-].[Li+]. The van der Waals surface area contributed by atoms with Gasteiger partial charge in [-0.2, -0.15) is 0 Å². The maximum atomic E-state index is 9.81. The van der Waals surface area contributed by atoms with Crippen molar-refractivity contribution in [2.75, 3.05) is 0 Å². The number of hydrogen-bond donors (Lipinski definition) is 0. The van der Waals surface area contributed by atoms with Gasteiger partial charge in [0.25, 0.3) is 0 Å². The van der Waals surface area contributed by atoms with E-state index in [1.165, 1.54) is 0 Å². The van der Waals surface area contributed by atoms with Crippen molar-refractivity contribution in [3.63, 3.8) is 0 Å². The van der Waals surface area contributed by atoms with E-state index in [2.05, 4.69) is 6.58 Å². The molecule has 0 aromatic carbocycles. The van der Waals surface area contributed by atoms with Crippen molar-refractivity contribution < 1.29 is 33.1 Å². The molecule has 0 aromatic heterocycles. The molecule has 0 aliphatic rings. The summed E-state index contributed by atoms with van der Waals surface area (Å²) in [6.45, 7) is 2.96. The predicted molar refractivity (Wildman–Crippen MR) is 24.2 cm³/mol. The van der Waals surface area contributed by atoms with Gasteiger partial charge in [-0.25, -0.2) is 0 Å². The molecular formula is C3H4LiO3P. The van der Waals surface area contributed by atoms with Gasteiger partial charge in [-0.15, -0.1) is 0 Å². The van der Waals surface area contributed by atoms with E-state index in [1.54, 1.807) is 0 Å². The van der Waals surface area contributed by atoms with Crippen LogP contribution in [0, 0.1) is 0 Å². The molecule has 0 amide bonds. The number of rotatable bonds is 2. The number of hydrogen-bond acceptors (Lipinski definition) is 3. The van der Waals surface area contributed by atoms with Crippen LogP contribution in [-0.4, -0.2) is 5.52 Å². The van der Waals surface area contributed by atoms with E-state index in [-0.39, 0.29) is 18.9 Å². The predicted octanol–water partition coefficient (Wildman–Crippen LogP) is -3.46.